The zero-order chi connectivity index (χ0) is 23.5. The second-order valence-electron chi connectivity index (χ2n) is 7.77. The topological polar surface area (TPSA) is 94.2 Å². The largest absolute Gasteiger partial charge is 0.489 e. The number of hydrogen-bond acceptors (Lipinski definition) is 6. The minimum absolute atomic E-state index is 0.264. The van der Waals surface area contributed by atoms with Crippen molar-refractivity contribution >= 4 is 21.0 Å². The molecule has 7 nitrogen and oxygen atoms in total. The van der Waals surface area contributed by atoms with Gasteiger partial charge in [-0.3, -0.25) is 0 Å². The number of para-hydroxylation sites is 1. The molecule has 5 rings (SSSR count). The van der Waals surface area contributed by atoms with E-state index in [0.29, 0.717) is 28.7 Å². The summed E-state index contributed by atoms with van der Waals surface area (Å²) in [4.78, 5) is 12.4. The number of ether oxygens (including phenoxy) is 2. The van der Waals surface area contributed by atoms with Crippen LogP contribution in [0.1, 0.15) is 5.56 Å². The Balaban J connectivity index is 1.45. The lowest BCUT2D eigenvalue weighted by atomic mass is 10.2. The van der Waals surface area contributed by atoms with Crippen molar-refractivity contribution in [3.63, 3.8) is 0 Å². The number of hydrogen-bond donors (Lipinski definition) is 1. The Morgan fingerprint density at radius 2 is 1.62 bits per heavy atom. The number of H-pyrrole nitrogens is 1. The molecule has 0 saturated carbocycles. The number of imidazole rings is 1. The van der Waals surface area contributed by atoms with E-state index in [9.17, 15) is 8.42 Å². The molecule has 0 aliphatic rings. The predicted molar refractivity (Wildman–Crippen MR) is 130 cm³/mol. The SMILES string of the molecule is CS(=O)(=O)c1ccc(COc2cc(Oc3ccccc3)cc(-c3nc4ncccc4[nH]3)c2)cc1. The van der Waals surface area contributed by atoms with Crippen molar-refractivity contribution in [3.05, 3.63) is 96.7 Å². The van der Waals surface area contributed by atoms with Crippen molar-refractivity contribution in [1.29, 1.82) is 0 Å². The summed E-state index contributed by atoms with van der Waals surface area (Å²) in [5, 5.41) is 0. The molecule has 1 N–H and O–H groups in total. The first-order valence-corrected chi connectivity index (χ1v) is 12.4. The molecule has 0 atom stereocenters. The molecule has 3 aromatic carbocycles. The highest BCUT2D eigenvalue weighted by molar-refractivity contribution is 7.90. The monoisotopic (exact) mass is 471 g/mol. The third kappa shape index (κ3) is 4.92. The summed E-state index contributed by atoms with van der Waals surface area (Å²) < 4.78 is 35.5. The average molecular weight is 472 g/mol. The van der Waals surface area contributed by atoms with Gasteiger partial charge in [0.1, 0.15) is 29.7 Å². The fraction of sp³-hybridized carbons (Fsp3) is 0.0769. The van der Waals surface area contributed by atoms with Crippen LogP contribution in [0.4, 0.5) is 0 Å². The van der Waals surface area contributed by atoms with Gasteiger partial charge >= 0.3 is 0 Å². The fourth-order valence-corrected chi connectivity index (χ4v) is 4.09. The molecule has 0 aliphatic heterocycles. The fourth-order valence-electron chi connectivity index (χ4n) is 3.46. The molecule has 0 aliphatic carbocycles. The van der Waals surface area contributed by atoms with Crippen LogP contribution < -0.4 is 9.47 Å². The molecule has 2 heterocycles. The Kier molecular flexibility index (Phi) is 5.73. The number of pyridine rings is 1. The summed E-state index contributed by atoms with van der Waals surface area (Å²) in [5.41, 5.74) is 3.09. The minimum atomic E-state index is -3.24. The van der Waals surface area contributed by atoms with Crippen LogP contribution in [0.15, 0.2) is 96.0 Å². The van der Waals surface area contributed by atoms with Crippen LogP contribution in [0.5, 0.6) is 17.2 Å². The molecule has 34 heavy (non-hydrogen) atoms. The number of aromatic amines is 1. The van der Waals surface area contributed by atoms with Crippen LogP contribution in [0.2, 0.25) is 0 Å². The second-order valence-corrected chi connectivity index (χ2v) is 9.79. The van der Waals surface area contributed by atoms with Gasteiger partial charge in [-0.05, 0) is 54.1 Å². The molecule has 0 saturated heterocycles. The first kappa shape index (κ1) is 21.7. The molecule has 2 aromatic heterocycles. The van der Waals surface area contributed by atoms with E-state index in [1.165, 1.54) is 6.26 Å². The highest BCUT2D eigenvalue weighted by Crippen LogP contribution is 2.32. The third-order valence-corrected chi connectivity index (χ3v) is 6.28. The van der Waals surface area contributed by atoms with Crippen LogP contribution in [0, 0.1) is 0 Å². The Hall–Kier alpha value is -4.17. The standard InChI is InChI=1S/C26H21N3O4S/c1-34(30,31)23-11-9-18(10-12-23)17-32-21-14-19(25-28-24-8-5-13-27-26(24)29-25)15-22(16-21)33-20-6-3-2-4-7-20/h2-16H,17H2,1H3,(H,27,28,29). The van der Waals surface area contributed by atoms with Gasteiger partial charge in [-0.1, -0.05) is 30.3 Å². The number of nitrogens with one attached hydrogen (secondary N) is 1. The minimum Gasteiger partial charge on any atom is -0.489 e. The Bertz CT molecular complexity index is 1510. The molecular weight excluding hydrogens is 450 g/mol. The number of sulfone groups is 1. The first-order valence-electron chi connectivity index (χ1n) is 10.5. The van der Waals surface area contributed by atoms with Crippen molar-refractivity contribution in [1.82, 2.24) is 15.0 Å². The lowest BCUT2D eigenvalue weighted by Gasteiger charge is -2.12. The van der Waals surface area contributed by atoms with E-state index < -0.39 is 9.84 Å². The summed E-state index contributed by atoms with van der Waals surface area (Å²) in [5.74, 6) is 2.53. The lowest BCUT2D eigenvalue weighted by molar-refractivity contribution is 0.304. The van der Waals surface area contributed by atoms with E-state index in [2.05, 4.69) is 15.0 Å². The van der Waals surface area contributed by atoms with E-state index in [1.54, 1.807) is 30.5 Å². The summed E-state index contributed by atoms with van der Waals surface area (Å²) in [6.45, 7) is 0.264. The molecule has 0 amide bonds. The Morgan fingerprint density at radius 3 is 2.35 bits per heavy atom. The molecular formula is C26H21N3O4S. The van der Waals surface area contributed by atoms with Gasteiger partial charge in [-0.2, -0.15) is 0 Å². The maximum absolute atomic E-state index is 11.7. The van der Waals surface area contributed by atoms with Gasteiger partial charge in [0.15, 0.2) is 15.5 Å². The van der Waals surface area contributed by atoms with Crippen molar-refractivity contribution in [2.24, 2.45) is 0 Å². The van der Waals surface area contributed by atoms with Gasteiger partial charge < -0.3 is 14.5 Å². The zero-order valence-electron chi connectivity index (χ0n) is 18.3. The summed E-state index contributed by atoms with van der Waals surface area (Å²) in [6, 6.07) is 25.5. The van der Waals surface area contributed by atoms with Crippen LogP contribution in [-0.4, -0.2) is 29.6 Å². The van der Waals surface area contributed by atoms with Gasteiger partial charge in [0.05, 0.1) is 10.4 Å². The van der Waals surface area contributed by atoms with Crippen molar-refractivity contribution < 1.29 is 17.9 Å². The predicted octanol–water partition coefficient (Wildman–Crippen LogP) is 5.40. The van der Waals surface area contributed by atoms with Gasteiger partial charge in [0, 0.05) is 24.1 Å². The lowest BCUT2D eigenvalue weighted by Crippen LogP contribution is -1.99. The number of aromatic nitrogens is 3. The zero-order valence-corrected chi connectivity index (χ0v) is 19.1. The van der Waals surface area contributed by atoms with Gasteiger partial charge in [0.25, 0.3) is 0 Å². The van der Waals surface area contributed by atoms with E-state index in [1.807, 2.05) is 60.7 Å². The van der Waals surface area contributed by atoms with E-state index in [-0.39, 0.29) is 11.5 Å². The molecule has 0 unspecified atom stereocenters. The summed E-state index contributed by atoms with van der Waals surface area (Å²) in [7, 11) is -3.24. The van der Waals surface area contributed by atoms with E-state index in [0.717, 1.165) is 16.6 Å². The quantitative estimate of drug-likeness (QED) is 0.342. The van der Waals surface area contributed by atoms with Gasteiger partial charge in [-0.25, -0.2) is 18.4 Å². The first-order chi connectivity index (χ1) is 16.4. The molecule has 8 heteroatoms. The molecule has 0 spiro atoms. The van der Waals surface area contributed by atoms with Crippen LogP contribution in [0.25, 0.3) is 22.6 Å². The second kappa shape index (κ2) is 8.99. The maximum atomic E-state index is 11.7. The highest BCUT2D eigenvalue weighted by Gasteiger charge is 2.12. The highest BCUT2D eigenvalue weighted by atomic mass is 32.2. The normalized spacial score (nSPS) is 11.4. The van der Waals surface area contributed by atoms with Gasteiger partial charge in [0.2, 0.25) is 0 Å². The molecule has 0 bridgehead atoms. The van der Waals surface area contributed by atoms with Crippen molar-refractivity contribution in [3.8, 4) is 28.6 Å². The average Bonchev–Trinajstić information content (AvgIpc) is 3.28. The summed E-state index contributed by atoms with van der Waals surface area (Å²) >= 11 is 0. The van der Waals surface area contributed by atoms with Crippen LogP contribution in [0.3, 0.4) is 0 Å². The van der Waals surface area contributed by atoms with Crippen LogP contribution >= 0.6 is 0 Å². The number of benzene rings is 3. The maximum Gasteiger partial charge on any atom is 0.178 e. The summed E-state index contributed by atoms with van der Waals surface area (Å²) in [6.07, 6.45) is 2.89. The molecule has 0 radical (unpaired) electrons. The molecule has 170 valence electrons. The number of fused-ring (bicyclic) bond motifs is 1. The number of rotatable bonds is 7. The number of nitrogens with zero attached hydrogens (tertiary/aromatic N) is 2. The Morgan fingerprint density at radius 1 is 0.853 bits per heavy atom. The molecule has 0 fully saturated rings. The van der Waals surface area contributed by atoms with E-state index >= 15 is 0 Å². The van der Waals surface area contributed by atoms with Crippen molar-refractivity contribution in [2.45, 2.75) is 11.5 Å². The van der Waals surface area contributed by atoms with Crippen LogP contribution in [-0.2, 0) is 16.4 Å². The smallest absolute Gasteiger partial charge is 0.178 e. The molecule has 5 aromatic rings. The van der Waals surface area contributed by atoms with Crippen molar-refractivity contribution in [2.75, 3.05) is 6.26 Å². The van der Waals surface area contributed by atoms with E-state index in [4.69, 9.17) is 9.47 Å². The Labute approximate surface area is 197 Å². The third-order valence-electron chi connectivity index (χ3n) is 5.15. The van der Waals surface area contributed by atoms with Gasteiger partial charge in [-0.15, -0.1) is 0 Å².